The van der Waals surface area contributed by atoms with Crippen LogP contribution in [0.25, 0.3) is 32.3 Å². The maximum atomic E-state index is 12.8. The van der Waals surface area contributed by atoms with Crippen molar-refractivity contribution in [2.75, 3.05) is 11.9 Å². The summed E-state index contributed by atoms with van der Waals surface area (Å²) in [4.78, 5) is 0. The molecule has 0 unspecified atom stereocenters. The highest BCUT2D eigenvalue weighted by Gasteiger charge is 2.58. The maximum Gasteiger partial charge on any atom is 0.300 e. The average molecular weight is 387 g/mol. The number of anilines is 1. The van der Waals surface area contributed by atoms with Gasteiger partial charge in [0.1, 0.15) is 12.1 Å². The number of benzene rings is 4. The molecule has 0 atom stereocenters. The predicted octanol–water partition coefficient (Wildman–Crippen LogP) is 5.17. The summed E-state index contributed by atoms with van der Waals surface area (Å²) in [6, 6.07) is 19.1. The molecule has 0 fully saturated rings. The van der Waals surface area contributed by atoms with E-state index >= 15 is 0 Å². The Labute approximate surface area is 169 Å². The van der Waals surface area contributed by atoms with E-state index in [0.29, 0.717) is 5.84 Å². The second-order valence-corrected chi connectivity index (χ2v) is 8.96. The van der Waals surface area contributed by atoms with Gasteiger partial charge in [0.05, 0.1) is 0 Å². The minimum absolute atomic E-state index is 0.247. The van der Waals surface area contributed by atoms with E-state index in [1.54, 1.807) is 0 Å². The number of hydrogen-bond donors (Lipinski definition) is 2. The first kappa shape index (κ1) is 18.0. The highest BCUT2D eigenvalue weighted by molar-refractivity contribution is 6.25. The molecule has 5 nitrogen and oxygen atoms in total. The summed E-state index contributed by atoms with van der Waals surface area (Å²) >= 11 is 0. The van der Waals surface area contributed by atoms with Crippen molar-refractivity contribution in [3.05, 3.63) is 59.8 Å². The van der Waals surface area contributed by atoms with Crippen molar-refractivity contribution in [1.82, 2.24) is 5.06 Å². The van der Waals surface area contributed by atoms with Gasteiger partial charge in [-0.05, 0) is 60.7 Å². The van der Waals surface area contributed by atoms with Crippen LogP contribution in [0.1, 0.15) is 27.7 Å². The number of amidine groups is 1. The minimum atomic E-state index is -0.735. The molecule has 4 aromatic carbocycles. The smallest absolute Gasteiger partial charge is 0.300 e. The normalized spacial score (nSPS) is 18.4. The van der Waals surface area contributed by atoms with E-state index in [2.05, 4.69) is 53.8 Å². The average Bonchev–Trinajstić information content (AvgIpc) is 2.82. The molecule has 1 aliphatic heterocycles. The zero-order chi connectivity index (χ0) is 20.6. The largest absolute Gasteiger partial charge is 0.715 e. The summed E-state index contributed by atoms with van der Waals surface area (Å²) < 4.78 is 0.927. The maximum absolute atomic E-state index is 12.8. The van der Waals surface area contributed by atoms with Gasteiger partial charge in [0.2, 0.25) is 0 Å². The lowest BCUT2D eigenvalue weighted by molar-refractivity contribution is -0.540. The van der Waals surface area contributed by atoms with Gasteiger partial charge >= 0.3 is 5.84 Å². The van der Waals surface area contributed by atoms with Crippen molar-refractivity contribution in [3.8, 4) is 0 Å². The van der Waals surface area contributed by atoms with E-state index in [4.69, 9.17) is 0 Å². The molecule has 0 bridgehead atoms. The molecule has 1 heterocycles. The third-order valence-corrected chi connectivity index (χ3v) is 6.98. The number of nitrogens with one attached hydrogen (secondary N) is 1. The van der Waals surface area contributed by atoms with Crippen molar-refractivity contribution in [3.63, 3.8) is 0 Å². The third kappa shape index (κ3) is 2.28. The fourth-order valence-electron chi connectivity index (χ4n) is 4.45. The molecule has 0 radical (unpaired) electrons. The Morgan fingerprint density at radius 2 is 1.48 bits per heavy atom. The highest BCUT2D eigenvalue weighted by atomic mass is 16.5. The monoisotopic (exact) mass is 387 g/mol. The second-order valence-electron chi connectivity index (χ2n) is 8.96. The number of hydroxylamine groups is 3. The van der Waals surface area contributed by atoms with E-state index in [9.17, 15) is 10.4 Å². The number of nitrogens with zero attached hydrogens (tertiary/aromatic N) is 2. The van der Waals surface area contributed by atoms with Gasteiger partial charge in [0.25, 0.3) is 0 Å². The van der Waals surface area contributed by atoms with Crippen molar-refractivity contribution < 1.29 is 9.95 Å². The van der Waals surface area contributed by atoms with Gasteiger partial charge in [-0.1, -0.05) is 48.5 Å². The Morgan fingerprint density at radius 1 is 0.897 bits per heavy atom. The summed E-state index contributed by atoms with van der Waals surface area (Å²) in [6.45, 7) is 7.71. The van der Waals surface area contributed by atoms with Crippen molar-refractivity contribution in [2.45, 2.75) is 38.8 Å². The Hall–Kier alpha value is -3.05. The number of hydrogen-bond acceptors (Lipinski definition) is 4. The Morgan fingerprint density at radius 3 is 2.10 bits per heavy atom. The lowest BCUT2D eigenvalue weighted by Gasteiger charge is -2.33. The van der Waals surface area contributed by atoms with Gasteiger partial charge < -0.3 is 10.5 Å². The van der Waals surface area contributed by atoms with Gasteiger partial charge in [-0.3, -0.25) is 4.74 Å². The molecule has 5 rings (SSSR count). The molecule has 4 aromatic rings. The van der Waals surface area contributed by atoms with Crippen LogP contribution in [0.2, 0.25) is 0 Å². The molecule has 0 saturated heterocycles. The Balaban J connectivity index is 1.59. The van der Waals surface area contributed by atoms with Crippen molar-refractivity contribution in [2.24, 2.45) is 0 Å². The fraction of sp³-hybridized carbons (Fsp3) is 0.292. The van der Waals surface area contributed by atoms with Crippen LogP contribution >= 0.6 is 0 Å². The van der Waals surface area contributed by atoms with Gasteiger partial charge in [-0.15, -0.1) is 5.06 Å². The van der Waals surface area contributed by atoms with Gasteiger partial charge in [-0.25, -0.2) is 5.21 Å². The van der Waals surface area contributed by atoms with Gasteiger partial charge in [-0.2, -0.15) is 0 Å². The predicted molar refractivity (Wildman–Crippen MR) is 119 cm³/mol. The highest BCUT2D eigenvalue weighted by Crippen LogP contribution is 2.38. The Kier molecular flexibility index (Phi) is 3.56. The van der Waals surface area contributed by atoms with Crippen LogP contribution in [-0.2, 0) is 0 Å². The zero-order valence-corrected chi connectivity index (χ0v) is 17.2. The Bertz CT molecular complexity index is 1270. The molecule has 0 aliphatic carbocycles. The number of rotatable bonds is 3. The third-order valence-electron chi connectivity index (χ3n) is 6.98. The van der Waals surface area contributed by atoms with E-state index < -0.39 is 11.1 Å². The lowest BCUT2D eigenvalue weighted by atomic mass is 9.84. The van der Waals surface area contributed by atoms with Gasteiger partial charge in [0, 0.05) is 11.1 Å². The molecule has 2 N–H and O–H groups in total. The molecule has 0 saturated carbocycles. The van der Waals surface area contributed by atoms with Crippen molar-refractivity contribution >= 4 is 43.8 Å². The van der Waals surface area contributed by atoms with Gasteiger partial charge in [0.15, 0.2) is 5.54 Å². The minimum Gasteiger partial charge on any atom is -0.715 e. The van der Waals surface area contributed by atoms with E-state index in [1.165, 1.54) is 26.9 Å². The summed E-state index contributed by atoms with van der Waals surface area (Å²) in [5.74, 6) is 0.325. The molecular weight excluding hydrogens is 362 g/mol. The van der Waals surface area contributed by atoms with Crippen LogP contribution in [0, 0.1) is 5.21 Å². The summed E-state index contributed by atoms with van der Waals surface area (Å²) in [5.41, 5.74) is -0.469. The van der Waals surface area contributed by atoms with Crippen LogP contribution in [-0.4, -0.2) is 38.5 Å². The van der Waals surface area contributed by atoms with Crippen LogP contribution in [0.4, 0.5) is 5.69 Å². The standard InChI is InChI=1S/C24H25N3O2/c1-23(2)24(3,4)27(29)20(26(23)28)14-25-19-13-11-17-9-8-15-6-5-7-16-10-12-18(19)22(17)21(15)16/h5-13,25,28H,14H2,1-4H3. The zero-order valence-electron chi connectivity index (χ0n) is 17.2. The summed E-state index contributed by atoms with van der Waals surface area (Å²) in [5, 5.41) is 35.2. The van der Waals surface area contributed by atoms with Crippen LogP contribution in [0.3, 0.4) is 0 Å². The van der Waals surface area contributed by atoms with E-state index in [1.807, 2.05) is 33.8 Å². The molecule has 1 aliphatic rings. The quantitative estimate of drug-likeness (QED) is 0.289. The lowest BCUT2D eigenvalue weighted by Crippen LogP contribution is -2.53. The molecular formula is C24H25N3O2. The fourth-order valence-corrected chi connectivity index (χ4v) is 4.45. The molecule has 148 valence electrons. The second kappa shape index (κ2) is 5.74. The van der Waals surface area contributed by atoms with Crippen LogP contribution in [0.5, 0.6) is 0 Å². The first-order chi connectivity index (χ1) is 13.7. The summed E-state index contributed by atoms with van der Waals surface area (Å²) in [7, 11) is 0. The molecule has 0 spiro atoms. The SMILES string of the molecule is CC1(C)N(O)C(CNc2ccc3ccc4cccc5ccc2c3c45)=[N+]([O-])C1(C)C. The molecule has 29 heavy (non-hydrogen) atoms. The van der Waals surface area contributed by atoms with Crippen LogP contribution in [0.15, 0.2) is 54.6 Å². The first-order valence-electron chi connectivity index (χ1n) is 9.96. The topological polar surface area (TPSA) is 61.6 Å². The summed E-state index contributed by atoms with van der Waals surface area (Å²) in [6.07, 6.45) is 0. The first-order valence-corrected chi connectivity index (χ1v) is 9.96. The molecule has 5 heteroatoms. The molecule has 0 aromatic heterocycles. The van der Waals surface area contributed by atoms with Crippen LogP contribution < -0.4 is 5.32 Å². The van der Waals surface area contributed by atoms with E-state index in [0.717, 1.165) is 20.9 Å². The molecule has 0 amide bonds. The van der Waals surface area contributed by atoms with Crippen molar-refractivity contribution in [1.29, 1.82) is 0 Å². The van der Waals surface area contributed by atoms with E-state index in [-0.39, 0.29) is 6.54 Å².